The number of nitrogens with one attached hydrogen (secondary N) is 1. The van der Waals surface area contributed by atoms with Gasteiger partial charge in [0.2, 0.25) is 0 Å². The van der Waals surface area contributed by atoms with Gasteiger partial charge < -0.3 is 10.4 Å². The molecule has 0 aliphatic carbocycles. The molecule has 0 fully saturated rings. The Labute approximate surface area is 129 Å². The third-order valence-electron chi connectivity index (χ3n) is 3.34. The third-order valence-corrected chi connectivity index (χ3v) is 3.63. The number of phenolic OH excluding ortho intramolecular Hbond substituents is 1. The topological polar surface area (TPSA) is 32.3 Å². The zero-order valence-corrected chi connectivity index (χ0v) is 12.7. The van der Waals surface area contributed by atoms with Gasteiger partial charge in [-0.2, -0.15) is 0 Å². The number of rotatable bonds is 6. The van der Waals surface area contributed by atoms with Crippen LogP contribution in [-0.2, 0) is 6.42 Å². The van der Waals surface area contributed by atoms with Crippen LogP contribution in [0.1, 0.15) is 30.5 Å². The Kier molecular flexibility index (Phi) is 5.59. The van der Waals surface area contributed by atoms with Crippen molar-refractivity contribution in [1.82, 2.24) is 5.32 Å². The van der Waals surface area contributed by atoms with Crippen molar-refractivity contribution in [2.75, 3.05) is 6.54 Å². The Bertz CT molecular complexity index is 603. The molecule has 0 spiro atoms. The molecule has 2 aromatic rings. The molecule has 0 amide bonds. The molecule has 0 saturated heterocycles. The van der Waals surface area contributed by atoms with Crippen LogP contribution in [-0.4, -0.2) is 11.7 Å². The molecule has 2 nitrogen and oxygen atoms in total. The minimum Gasteiger partial charge on any atom is -0.508 e. The minimum absolute atomic E-state index is 0.0323. The second-order valence-electron chi connectivity index (χ2n) is 5.05. The lowest BCUT2D eigenvalue weighted by Gasteiger charge is -2.19. The Balaban J connectivity index is 2.22. The van der Waals surface area contributed by atoms with E-state index >= 15 is 0 Å². The standard InChI is InChI=1S/C17H19ClFNO/c1-2-8-20-17(10-12-4-3-5-14(21)9-12)13-6-7-16(19)15(18)11-13/h3-7,9,11,17,20-21H,2,8,10H2,1H3. The number of aromatic hydroxyl groups is 1. The van der Waals surface area contributed by atoms with E-state index in [1.165, 1.54) is 6.07 Å². The summed E-state index contributed by atoms with van der Waals surface area (Å²) in [6, 6.07) is 12.0. The summed E-state index contributed by atoms with van der Waals surface area (Å²) in [4.78, 5) is 0. The molecule has 0 radical (unpaired) electrons. The molecule has 2 rings (SSSR count). The second kappa shape index (κ2) is 7.43. The van der Waals surface area contributed by atoms with Crippen LogP contribution in [0, 0.1) is 5.82 Å². The maximum atomic E-state index is 13.3. The molecule has 0 aliphatic heterocycles. The van der Waals surface area contributed by atoms with Gasteiger partial charge in [-0.05, 0) is 54.8 Å². The average Bonchev–Trinajstić information content (AvgIpc) is 2.46. The summed E-state index contributed by atoms with van der Waals surface area (Å²) in [7, 11) is 0. The van der Waals surface area contributed by atoms with E-state index in [9.17, 15) is 9.50 Å². The van der Waals surface area contributed by atoms with Crippen molar-refractivity contribution >= 4 is 11.6 Å². The molecular formula is C17H19ClFNO. The molecule has 1 unspecified atom stereocenters. The minimum atomic E-state index is -0.410. The van der Waals surface area contributed by atoms with Gasteiger partial charge in [0, 0.05) is 6.04 Å². The molecule has 4 heteroatoms. The van der Waals surface area contributed by atoms with Crippen LogP contribution < -0.4 is 5.32 Å². The highest BCUT2D eigenvalue weighted by molar-refractivity contribution is 6.30. The summed E-state index contributed by atoms with van der Waals surface area (Å²) < 4.78 is 13.3. The van der Waals surface area contributed by atoms with Crippen LogP contribution in [0.3, 0.4) is 0 Å². The predicted octanol–water partition coefficient (Wildman–Crippen LogP) is 4.47. The molecule has 0 heterocycles. The molecule has 0 bridgehead atoms. The summed E-state index contributed by atoms with van der Waals surface area (Å²) in [5.74, 6) is -0.161. The molecular weight excluding hydrogens is 289 g/mol. The van der Waals surface area contributed by atoms with Gasteiger partial charge in [0.15, 0.2) is 0 Å². The quantitative estimate of drug-likeness (QED) is 0.825. The van der Waals surface area contributed by atoms with Gasteiger partial charge in [0.25, 0.3) is 0 Å². The van der Waals surface area contributed by atoms with Crippen molar-refractivity contribution in [2.24, 2.45) is 0 Å². The van der Waals surface area contributed by atoms with E-state index in [1.807, 2.05) is 12.1 Å². The summed E-state index contributed by atoms with van der Waals surface area (Å²) in [6.45, 7) is 2.95. The average molecular weight is 308 g/mol. The molecule has 1 atom stereocenters. The van der Waals surface area contributed by atoms with E-state index in [0.29, 0.717) is 6.42 Å². The van der Waals surface area contributed by atoms with Crippen LogP contribution in [0.2, 0.25) is 5.02 Å². The van der Waals surface area contributed by atoms with Crippen molar-refractivity contribution in [2.45, 2.75) is 25.8 Å². The van der Waals surface area contributed by atoms with Gasteiger partial charge >= 0.3 is 0 Å². The van der Waals surface area contributed by atoms with Crippen LogP contribution in [0.25, 0.3) is 0 Å². The lowest BCUT2D eigenvalue weighted by Crippen LogP contribution is -2.24. The monoisotopic (exact) mass is 307 g/mol. The van der Waals surface area contributed by atoms with Crippen molar-refractivity contribution < 1.29 is 9.50 Å². The maximum Gasteiger partial charge on any atom is 0.141 e. The van der Waals surface area contributed by atoms with Gasteiger partial charge in [-0.15, -0.1) is 0 Å². The van der Waals surface area contributed by atoms with Gasteiger partial charge in [-0.25, -0.2) is 4.39 Å². The molecule has 2 N–H and O–H groups in total. The van der Waals surface area contributed by atoms with E-state index in [-0.39, 0.29) is 16.8 Å². The lowest BCUT2D eigenvalue weighted by molar-refractivity contribution is 0.472. The molecule has 0 aromatic heterocycles. The first-order chi connectivity index (χ1) is 10.1. The summed E-state index contributed by atoms with van der Waals surface area (Å²) in [5, 5.41) is 13.1. The number of benzene rings is 2. The highest BCUT2D eigenvalue weighted by atomic mass is 35.5. The first-order valence-corrected chi connectivity index (χ1v) is 7.44. The summed E-state index contributed by atoms with van der Waals surface area (Å²) >= 11 is 5.88. The van der Waals surface area contributed by atoms with Crippen molar-refractivity contribution in [3.63, 3.8) is 0 Å². The van der Waals surface area contributed by atoms with Crippen LogP contribution >= 0.6 is 11.6 Å². The predicted molar refractivity (Wildman–Crippen MR) is 84.3 cm³/mol. The summed E-state index contributed by atoms with van der Waals surface area (Å²) in [5.41, 5.74) is 1.96. The van der Waals surface area contributed by atoms with Gasteiger partial charge in [0.1, 0.15) is 11.6 Å². The number of halogens is 2. The van der Waals surface area contributed by atoms with Crippen LogP contribution in [0.5, 0.6) is 5.75 Å². The van der Waals surface area contributed by atoms with Crippen molar-refractivity contribution in [3.05, 3.63) is 64.4 Å². The number of phenols is 1. The van der Waals surface area contributed by atoms with Crippen molar-refractivity contribution in [1.29, 1.82) is 0 Å². The molecule has 0 aliphatic rings. The van der Waals surface area contributed by atoms with Gasteiger partial charge in [0.05, 0.1) is 5.02 Å². The maximum absolute atomic E-state index is 13.3. The third kappa shape index (κ3) is 4.45. The Morgan fingerprint density at radius 2 is 2.05 bits per heavy atom. The van der Waals surface area contributed by atoms with Crippen molar-refractivity contribution in [3.8, 4) is 5.75 Å². The van der Waals surface area contributed by atoms with Gasteiger partial charge in [-0.1, -0.05) is 36.7 Å². The molecule has 2 aromatic carbocycles. The Morgan fingerprint density at radius 1 is 1.24 bits per heavy atom. The second-order valence-corrected chi connectivity index (χ2v) is 5.46. The fraction of sp³-hybridized carbons (Fsp3) is 0.294. The van der Waals surface area contributed by atoms with E-state index < -0.39 is 5.82 Å². The Morgan fingerprint density at radius 3 is 2.71 bits per heavy atom. The summed E-state index contributed by atoms with van der Waals surface area (Å²) in [6.07, 6.45) is 1.71. The Hall–Kier alpha value is -1.58. The largest absolute Gasteiger partial charge is 0.508 e. The van der Waals surface area contributed by atoms with Crippen LogP contribution in [0.4, 0.5) is 4.39 Å². The fourth-order valence-electron chi connectivity index (χ4n) is 2.27. The zero-order valence-electron chi connectivity index (χ0n) is 11.9. The van der Waals surface area contributed by atoms with E-state index in [0.717, 1.165) is 24.1 Å². The highest BCUT2D eigenvalue weighted by Crippen LogP contribution is 2.24. The first-order valence-electron chi connectivity index (χ1n) is 7.06. The lowest BCUT2D eigenvalue weighted by atomic mass is 9.98. The fourth-order valence-corrected chi connectivity index (χ4v) is 2.46. The van der Waals surface area contributed by atoms with Gasteiger partial charge in [-0.3, -0.25) is 0 Å². The zero-order chi connectivity index (χ0) is 15.2. The molecule has 21 heavy (non-hydrogen) atoms. The number of hydrogen-bond acceptors (Lipinski definition) is 2. The number of hydrogen-bond donors (Lipinski definition) is 2. The smallest absolute Gasteiger partial charge is 0.141 e. The van der Waals surface area contributed by atoms with E-state index in [4.69, 9.17) is 11.6 Å². The molecule has 0 saturated carbocycles. The normalized spacial score (nSPS) is 12.3. The van der Waals surface area contributed by atoms with E-state index in [1.54, 1.807) is 24.3 Å². The van der Waals surface area contributed by atoms with E-state index in [2.05, 4.69) is 12.2 Å². The SMILES string of the molecule is CCCNC(Cc1cccc(O)c1)c1ccc(F)c(Cl)c1. The highest BCUT2D eigenvalue weighted by Gasteiger charge is 2.13. The van der Waals surface area contributed by atoms with Crippen LogP contribution in [0.15, 0.2) is 42.5 Å². The first kappa shape index (κ1) is 15.8. The molecule has 112 valence electrons.